The predicted molar refractivity (Wildman–Crippen MR) is 55.5 cm³/mol. The van der Waals surface area contributed by atoms with E-state index in [-0.39, 0.29) is 18.6 Å². The largest absolute Gasteiger partial charge is 0.394 e. The Morgan fingerprint density at radius 2 is 2.29 bits per heavy atom. The number of amides is 1. The molecule has 0 saturated heterocycles. The summed E-state index contributed by atoms with van der Waals surface area (Å²) in [6.45, 7) is 0.229. The zero-order valence-electron chi connectivity index (χ0n) is 8.46. The molecule has 0 aliphatic rings. The molecular formula is C9H18ClNO3. The lowest BCUT2D eigenvalue weighted by Gasteiger charge is -2.14. The molecule has 0 heterocycles. The molecule has 2 N–H and O–H groups in total. The van der Waals surface area contributed by atoms with Crippen molar-refractivity contribution in [3.63, 3.8) is 0 Å². The van der Waals surface area contributed by atoms with Gasteiger partial charge < -0.3 is 15.2 Å². The molecule has 0 aliphatic carbocycles. The SMILES string of the molecule is COCC(CO)NC(=O)CCCCCl. The van der Waals surface area contributed by atoms with Crippen LogP contribution in [0.3, 0.4) is 0 Å². The molecule has 0 fully saturated rings. The number of carbonyl (C=O) groups excluding carboxylic acids is 1. The standard InChI is InChI=1S/C9H18ClNO3/c1-14-7-8(6-12)11-9(13)4-2-3-5-10/h8,12H,2-7H2,1H3,(H,11,13). The van der Waals surface area contributed by atoms with Gasteiger partial charge in [0, 0.05) is 19.4 Å². The van der Waals surface area contributed by atoms with Gasteiger partial charge >= 0.3 is 0 Å². The van der Waals surface area contributed by atoms with Gasteiger partial charge in [-0.3, -0.25) is 4.79 Å². The maximum atomic E-state index is 11.2. The van der Waals surface area contributed by atoms with Crippen LogP contribution in [0.2, 0.25) is 0 Å². The number of rotatable bonds is 8. The van der Waals surface area contributed by atoms with Crippen LogP contribution in [0.5, 0.6) is 0 Å². The summed E-state index contributed by atoms with van der Waals surface area (Å²) in [6, 6.07) is -0.302. The van der Waals surface area contributed by atoms with Crippen LogP contribution in [-0.4, -0.2) is 43.3 Å². The molecule has 0 spiro atoms. The van der Waals surface area contributed by atoms with E-state index in [1.165, 1.54) is 7.11 Å². The van der Waals surface area contributed by atoms with Crippen molar-refractivity contribution >= 4 is 17.5 Å². The number of unbranched alkanes of at least 4 members (excludes halogenated alkanes) is 1. The highest BCUT2D eigenvalue weighted by atomic mass is 35.5. The zero-order valence-corrected chi connectivity index (χ0v) is 9.22. The first-order valence-electron chi connectivity index (χ1n) is 4.69. The summed E-state index contributed by atoms with van der Waals surface area (Å²) >= 11 is 5.48. The lowest BCUT2D eigenvalue weighted by molar-refractivity contribution is -0.122. The second kappa shape index (κ2) is 9.24. The van der Waals surface area contributed by atoms with E-state index in [4.69, 9.17) is 21.4 Å². The third-order valence-electron chi connectivity index (χ3n) is 1.74. The summed E-state index contributed by atoms with van der Waals surface area (Å²) in [5, 5.41) is 11.5. The monoisotopic (exact) mass is 223 g/mol. The summed E-state index contributed by atoms with van der Waals surface area (Å²) in [6.07, 6.45) is 2.07. The molecule has 0 radical (unpaired) electrons. The van der Waals surface area contributed by atoms with Crippen LogP contribution >= 0.6 is 11.6 Å². The molecule has 14 heavy (non-hydrogen) atoms. The van der Waals surface area contributed by atoms with Crippen molar-refractivity contribution in [3.8, 4) is 0 Å². The molecule has 0 bridgehead atoms. The van der Waals surface area contributed by atoms with Crippen LogP contribution in [0.15, 0.2) is 0 Å². The number of aliphatic hydroxyl groups is 1. The van der Waals surface area contributed by atoms with Gasteiger partial charge in [0.25, 0.3) is 0 Å². The second-order valence-corrected chi connectivity index (χ2v) is 3.43. The molecule has 1 atom stereocenters. The van der Waals surface area contributed by atoms with E-state index in [1.807, 2.05) is 0 Å². The number of halogens is 1. The Morgan fingerprint density at radius 3 is 2.79 bits per heavy atom. The number of methoxy groups -OCH3 is 1. The lowest BCUT2D eigenvalue weighted by atomic mass is 10.2. The Kier molecular flexibility index (Phi) is 9.03. The average Bonchev–Trinajstić information content (AvgIpc) is 2.17. The number of hydrogen-bond donors (Lipinski definition) is 2. The number of nitrogens with one attached hydrogen (secondary N) is 1. The van der Waals surface area contributed by atoms with Gasteiger partial charge in [0.15, 0.2) is 0 Å². The Bertz CT molecular complexity index is 155. The lowest BCUT2D eigenvalue weighted by Crippen LogP contribution is -2.40. The molecule has 84 valence electrons. The van der Waals surface area contributed by atoms with Crippen molar-refractivity contribution in [2.45, 2.75) is 25.3 Å². The minimum absolute atomic E-state index is 0.0637. The molecular weight excluding hydrogens is 206 g/mol. The van der Waals surface area contributed by atoms with Gasteiger partial charge in [-0.1, -0.05) is 0 Å². The maximum Gasteiger partial charge on any atom is 0.220 e. The van der Waals surface area contributed by atoms with Crippen LogP contribution in [0.25, 0.3) is 0 Å². The van der Waals surface area contributed by atoms with Gasteiger partial charge in [0.1, 0.15) is 0 Å². The van der Waals surface area contributed by atoms with Crippen molar-refractivity contribution in [1.82, 2.24) is 5.32 Å². The Balaban J connectivity index is 3.56. The first kappa shape index (κ1) is 13.7. The highest BCUT2D eigenvalue weighted by molar-refractivity contribution is 6.17. The van der Waals surface area contributed by atoms with Crippen LogP contribution in [0.1, 0.15) is 19.3 Å². The molecule has 0 aromatic carbocycles. The molecule has 0 aliphatic heterocycles. The first-order chi connectivity index (χ1) is 6.74. The van der Waals surface area contributed by atoms with Gasteiger partial charge in [0.05, 0.1) is 19.3 Å². The van der Waals surface area contributed by atoms with E-state index in [0.29, 0.717) is 18.9 Å². The van der Waals surface area contributed by atoms with E-state index < -0.39 is 0 Å². The quantitative estimate of drug-likeness (QED) is 0.466. The normalized spacial score (nSPS) is 12.5. The number of aliphatic hydroxyl groups excluding tert-OH is 1. The Morgan fingerprint density at radius 1 is 1.57 bits per heavy atom. The van der Waals surface area contributed by atoms with Gasteiger partial charge in [0.2, 0.25) is 5.91 Å². The molecule has 0 aromatic heterocycles. The van der Waals surface area contributed by atoms with E-state index in [2.05, 4.69) is 5.32 Å². The third-order valence-corrected chi connectivity index (χ3v) is 2.01. The second-order valence-electron chi connectivity index (χ2n) is 3.05. The summed E-state index contributed by atoms with van der Waals surface area (Å²) < 4.78 is 4.83. The highest BCUT2D eigenvalue weighted by Gasteiger charge is 2.09. The summed E-state index contributed by atoms with van der Waals surface area (Å²) in [7, 11) is 1.53. The smallest absolute Gasteiger partial charge is 0.220 e. The third kappa shape index (κ3) is 7.12. The van der Waals surface area contributed by atoms with Crippen LogP contribution < -0.4 is 5.32 Å². The molecule has 0 aromatic rings. The number of carbonyl (C=O) groups is 1. The molecule has 1 unspecified atom stereocenters. The van der Waals surface area contributed by atoms with Crippen molar-refractivity contribution in [1.29, 1.82) is 0 Å². The van der Waals surface area contributed by atoms with Gasteiger partial charge in [-0.2, -0.15) is 0 Å². The number of hydrogen-bond acceptors (Lipinski definition) is 3. The van der Waals surface area contributed by atoms with Gasteiger partial charge in [-0.05, 0) is 12.8 Å². The predicted octanol–water partition coefficient (Wildman–Crippen LogP) is 0.519. The average molecular weight is 224 g/mol. The van der Waals surface area contributed by atoms with E-state index >= 15 is 0 Å². The highest BCUT2D eigenvalue weighted by Crippen LogP contribution is 1.97. The summed E-state index contributed by atoms with van der Waals surface area (Å²) in [5.41, 5.74) is 0. The maximum absolute atomic E-state index is 11.2. The van der Waals surface area contributed by atoms with E-state index in [9.17, 15) is 4.79 Å². The minimum Gasteiger partial charge on any atom is -0.394 e. The van der Waals surface area contributed by atoms with Crippen molar-refractivity contribution in [3.05, 3.63) is 0 Å². The zero-order chi connectivity index (χ0) is 10.8. The molecule has 0 rings (SSSR count). The van der Waals surface area contributed by atoms with Gasteiger partial charge in [-0.25, -0.2) is 0 Å². The number of alkyl halides is 1. The van der Waals surface area contributed by atoms with Crippen molar-refractivity contribution in [2.24, 2.45) is 0 Å². The topological polar surface area (TPSA) is 58.6 Å². The molecule has 0 saturated carbocycles. The van der Waals surface area contributed by atoms with Crippen LogP contribution in [-0.2, 0) is 9.53 Å². The van der Waals surface area contributed by atoms with Crippen LogP contribution in [0, 0.1) is 0 Å². The van der Waals surface area contributed by atoms with Crippen molar-refractivity contribution in [2.75, 3.05) is 26.2 Å². The first-order valence-corrected chi connectivity index (χ1v) is 5.23. The Hall–Kier alpha value is -0.320. The fourth-order valence-corrected chi connectivity index (χ4v) is 1.21. The van der Waals surface area contributed by atoms with E-state index in [1.54, 1.807) is 0 Å². The fraction of sp³-hybridized carbons (Fsp3) is 0.889. The fourth-order valence-electron chi connectivity index (χ4n) is 1.02. The van der Waals surface area contributed by atoms with Gasteiger partial charge in [-0.15, -0.1) is 11.6 Å². The molecule has 4 nitrogen and oxygen atoms in total. The van der Waals surface area contributed by atoms with Crippen molar-refractivity contribution < 1.29 is 14.6 Å². The van der Waals surface area contributed by atoms with Crippen LogP contribution in [0.4, 0.5) is 0 Å². The summed E-state index contributed by atoms with van der Waals surface area (Å²) in [5.74, 6) is 0.514. The number of ether oxygens (including phenoxy) is 1. The summed E-state index contributed by atoms with van der Waals surface area (Å²) in [4.78, 5) is 11.2. The minimum atomic E-state index is -0.302. The molecule has 1 amide bonds. The Labute approximate surface area is 89.6 Å². The molecule has 5 heteroatoms. The van der Waals surface area contributed by atoms with E-state index in [0.717, 1.165) is 12.8 Å².